The number of nitrogens with one attached hydrogen (secondary N) is 1. The Bertz CT molecular complexity index is 578. The van der Waals surface area contributed by atoms with Crippen molar-refractivity contribution >= 4 is 0 Å². The lowest BCUT2D eigenvalue weighted by molar-refractivity contribution is 0.577. The predicted molar refractivity (Wildman–Crippen MR) is 76.5 cm³/mol. The van der Waals surface area contributed by atoms with Gasteiger partial charge in [-0.25, -0.2) is 0 Å². The highest BCUT2D eigenvalue weighted by atomic mass is 14.9. The third-order valence-electron chi connectivity index (χ3n) is 3.27. The minimum Gasteiger partial charge on any atom is -0.313 e. The first-order valence-corrected chi connectivity index (χ1v) is 6.41. The Morgan fingerprint density at radius 2 is 1.95 bits per heavy atom. The summed E-state index contributed by atoms with van der Waals surface area (Å²) in [4.78, 5) is 4.09. The summed E-state index contributed by atoms with van der Waals surface area (Å²) in [5, 5.41) is 12.2. The Hall–Kier alpha value is -2.18. The summed E-state index contributed by atoms with van der Waals surface area (Å²) in [5.41, 5.74) is 3.92. The standard InChI is InChI=1S/C16H17N3/c1-3-16(18-2)14-6-4-13(5-7-14)15-8-12(9-17)10-19-11-15/h4-8,10-11,16,18H,3H2,1-2H3. The van der Waals surface area contributed by atoms with E-state index in [-0.39, 0.29) is 0 Å². The Morgan fingerprint density at radius 1 is 1.21 bits per heavy atom. The van der Waals surface area contributed by atoms with Crippen LogP contribution < -0.4 is 5.32 Å². The van der Waals surface area contributed by atoms with Crippen molar-refractivity contribution in [2.24, 2.45) is 0 Å². The Kier molecular flexibility index (Phi) is 4.27. The molecular formula is C16H17N3. The Morgan fingerprint density at radius 3 is 2.53 bits per heavy atom. The summed E-state index contributed by atoms with van der Waals surface area (Å²) in [7, 11) is 1.97. The number of rotatable bonds is 4. The van der Waals surface area contributed by atoms with E-state index < -0.39 is 0 Å². The van der Waals surface area contributed by atoms with Gasteiger partial charge in [0.25, 0.3) is 0 Å². The lowest BCUT2D eigenvalue weighted by Gasteiger charge is -2.14. The van der Waals surface area contributed by atoms with Crippen LogP contribution in [0.1, 0.15) is 30.5 Å². The molecule has 0 saturated heterocycles. The lowest BCUT2D eigenvalue weighted by Crippen LogP contribution is -2.14. The molecule has 0 aliphatic carbocycles. The lowest BCUT2D eigenvalue weighted by atomic mass is 10.00. The third kappa shape index (κ3) is 2.98. The van der Waals surface area contributed by atoms with Gasteiger partial charge in [0.1, 0.15) is 6.07 Å². The van der Waals surface area contributed by atoms with Gasteiger partial charge in [-0.3, -0.25) is 4.98 Å². The molecule has 0 spiro atoms. The highest BCUT2D eigenvalue weighted by Crippen LogP contribution is 2.23. The summed E-state index contributed by atoms with van der Waals surface area (Å²) in [6, 6.07) is 12.8. The van der Waals surface area contributed by atoms with Gasteiger partial charge in [0.2, 0.25) is 0 Å². The summed E-state index contributed by atoms with van der Waals surface area (Å²) >= 11 is 0. The van der Waals surface area contributed by atoms with Crippen LogP contribution in [0.4, 0.5) is 0 Å². The first kappa shape index (κ1) is 13.3. The maximum atomic E-state index is 8.89. The van der Waals surface area contributed by atoms with Gasteiger partial charge >= 0.3 is 0 Å². The highest BCUT2D eigenvalue weighted by molar-refractivity contribution is 5.64. The van der Waals surface area contributed by atoms with Gasteiger partial charge in [-0.1, -0.05) is 31.2 Å². The van der Waals surface area contributed by atoms with Gasteiger partial charge < -0.3 is 5.32 Å². The molecule has 1 unspecified atom stereocenters. The molecule has 0 radical (unpaired) electrons. The zero-order valence-electron chi connectivity index (χ0n) is 11.2. The average molecular weight is 251 g/mol. The molecular weight excluding hydrogens is 234 g/mol. The van der Waals surface area contributed by atoms with E-state index in [1.807, 2.05) is 13.1 Å². The van der Waals surface area contributed by atoms with Crippen LogP contribution in [0.2, 0.25) is 0 Å². The van der Waals surface area contributed by atoms with Crippen molar-refractivity contribution in [1.29, 1.82) is 5.26 Å². The number of pyridine rings is 1. The average Bonchev–Trinajstić information content (AvgIpc) is 2.49. The molecule has 0 saturated carbocycles. The number of hydrogen-bond donors (Lipinski definition) is 1. The maximum Gasteiger partial charge on any atom is 0.101 e. The largest absolute Gasteiger partial charge is 0.313 e. The smallest absolute Gasteiger partial charge is 0.101 e. The van der Waals surface area contributed by atoms with Crippen LogP contribution in [-0.4, -0.2) is 12.0 Å². The molecule has 0 fully saturated rings. The van der Waals surface area contributed by atoms with E-state index in [0.29, 0.717) is 11.6 Å². The molecule has 0 bridgehead atoms. The number of nitriles is 1. The molecule has 19 heavy (non-hydrogen) atoms. The van der Waals surface area contributed by atoms with Gasteiger partial charge in [0.15, 0.2) is 0 Å². The van der Waals surface area contributed by atoms with E-state index in [1.54, 1.807) is 12.4 Å². The molecule has 1 aromatic heterocycles. The van der Waals surface area contributed by atoms with Crippen molar-refractivity contribution in [3.05, 3.63) is 53.9 Å². The summed E-state index contributed by atoms with van der Waals surface area (Å²) in [6.45, 7) is 2.16. The van der Waals surface area contributed by atoms with Crippen molar-refractivity contribution in [1.82, 2.24) is 10.3 Å². The topological polar surface area (TPSA) is 48.7 Å². The first-order chi connectivity index (χ1) is 9.28. The van der Waals surface area contributed by atoms with E-state index >= 15 is 0 Å². The van der Waals surface area contributed by atoms with Crippen LogP contribution in [0, 0.1) is 11.3 Å². The zero-order chi connectivity index (χ0) is 13.7. The summed E-state index contributed by atoms with van der Waals surface area (Å²) < 4.78 is 0. The molecule has 3 nitrogen and oxygen atoms in total. The molecule has 0 amide bonds. The molecule has 1 aromatic carbocycles. The Balaban J connectivity index is 2.29. The van der Waals surface area contributed by atoms with E-state index in [9.17, 15) is 0 Å². The Labute approximate surface area is 113 Å². The highest BCUT2D eigenvalue weighted by Gasteiger charge is 2.06. The van der Waals surface area contributed by atoms with E-state index in [1.165, 1.54) is 5.56 Å². The van der Waals surface area contributed by atoms with Gasteiger partial charge in [-0.05, 0) is 30.7 Å². The quantitative estimate of drug-likeness (QED) is 0.907. The molecule has 2 aromatic rings. The molecule has 0 aliphatic rings. The fraction of sp³-hybridized carbons (Fsp3) is 0.250. The van der Waals surface area contributed by atoms with Crippen LogP contribution in [0.15, 0.2) is 42.7 Å². The second-order valence-corrected chi connectivity index (χ2v) is 4.45. The molecule has 1 atom stereocenters. The summed E-state index contributed by atoms with van der Waals surface area (Å²) in [5.74, 6) is 0. The number of nitrogens with zero attached hydrogens (tertiary/aromatic N) is 2. The van der Waals surface area contributed by atoms with Crippen LogP contribution >= 0.6 is 0 Å². The van der Waals surface area contributed by atoms with Gasteiger partial charge in [-0.15, -0.1) is 0 Å². The van der Waals surface area contributed by atoms with Crippen molar-refractivity contribution in [2.75, 3.05) is 7.05 Å². The van der Waals surface area contributed by atoms with Crippen molar-refractivity contribution in [3.63, 3.8) is 0 Å². The van der Waals surface area contributed by atoms with Gasteiger partial charge in [0.05, 0.1) is 5.56 Å². The second kappa shape index (κ2) is 6.12. The molecule has 1 heterocycles. The second-order valence-electron chi connectivity index (χ2n) is 4.45. The molecule has 1 N–H and O–H groups in total. The SMILES string of the molecule is CCC(NC)c1ccc(-c2cncc(C#N)c2)cc1. The van der Waals surface area contributed by atoms with Crippen LogP contribution in [-0.2, 0) is 0 Å². The fourth-order valence-electron chi connectivity index (χ4n) is 2.17. The van der Waals surface area contributed by atoms with Crippen molar-refractivity contribution in [2.45, 2.75) is 19.4 Å². The van der Waals surface area contributed by atoms with Crippen LogP contribution in [0.3, 0.4) is 0 Å². The predicted octanol–water partition coefficient (Wildman–Crippen LogP) is 3.29. The van der Waals surface area contributed by atoms with Crippen LogP contribution in [0.25, 0.3) is 11.1 Å². The number of aromatic nitrogens is 1. The number of benzene rings is 1. The molecule has 2 rings (SSSR count). The minimum absolute atomic E-state index is 0.387. The third-order valence-corrected chi connectivity index (χ3v) is 3.27. The van der Waals surface area contributed by atoms with E-state index in [4.69, 9.17) is 5.26 Å². The van der Waals surface area contributed by atoms with Gasteiger partial charge in [0, 0.05) is 24.0 Å². The number of hydrogen-bond acceptors (Lipinski definition) is 3. The van der Waals surface area contributed by atoms with E-state index in [2.05, 4.69) is 47.6 Å². The van der Waals surface area contributed by atoms with Crippen molar-refractivity contribution in [3.8, 4) is 17.2 Å². The van der Waals surface area contributed by atoms with Crippen LogP contribution in [0.5, 0.6) is 0 Å². The maximum absolute atomic E-state index is 8.89. The normalized spacial score (nSPS) is 11.8. The molecule has 96 valence electrons. The molecule has 3 heteroatoms. The zero-order valence-corrected chi connectivity index (χ0v) is 11.2. The van der Waals surface area contributed by atoms with E-state index in [0.717, 1.165) is 17.5 Å². The first-order valence-electron chi connectivity index (χ1n) is 6.41. The fourth-order valence-corrected chi connectivity index (χ4v) is 2.17. The van der Waals surface area contributed by atoms with Crippen molar-refractivity contribution < 1.29 is 0 Å². The summed E-state index contributed by atoms with van der Waals surface area (Å²) in [6.07, 6.45) is 4.42. The minimum atomic E-state index is 0.387. The molecule has 0 aliphatic heterocycles. The van der Waals surface area contributed by atoms with Gasteiger partial charge in [-0.2, -0.15) is 5.26 Å². The monoisotopic (exact) mass is 251 g/mol.